The van der Waals surface area contributed by atoms with Gasteiger partial charge in [-0.3, -0.25) is 9.78 Å². The van der Waals surface area contributed by atoms with E-state index in [1.807, 2.05) is 5.48 Å². The van der Waals surface area contributed by atoms with E-state index in [0.717, 1.165) is 6.07 Å². The molecule has 0 aliphatic rings. The minimum atomic E-state index is -4.91. The topological polar surface area (TPSA) is 102 Å². The van der Waals surface area contributed by atoms with E-state index in [0.29, 0.717) is 29.3 Å². The first-order valence-corrected chi connectivity index (χ1v) is 9.22. The summed E-state index contributed by atoms with van der Waals surface area (Å²) in [5, 5.41) is 4.85. The fourth-order valence-electron chi connectivity index (χ4n) is 2.52. The third kappa shape index (κ3) is 6.32. The zero-order valence-corrected chi connectivity index (χ0v) is 16.9. The first kappa shape index (κ1) is 23.3. The Kier molecular flexibility index (Phi) is 6.96. The van der Waals surface area contributed by atoms with Gasteiger partial charge in [-0.1, -0.05) is 0 Å². The van der Waals surface area contributed by atoms with Crippen molar-refractivity contribution in [1.29, 1.82) is 0 Å². The molecule has 12 heteroatoms. The van der Waals surface area contributed by atoms with Crippen LogP contribution in [0.1, 0.15) is 16.1 Å². The second kappa shape index (κ2) is 9.85. The molecule has 0 saturated heterocycles. The van der Waals surface area contributed by atoms with Crippen molar-refractivity contribution in [2.75, 3.05) is 12.4 Å². The summed E-state index contributed by atoms with van der Waals surface area (Å²) in [6, 6.07) is 10.1. The molecular formula is C21H16F4N4O4. The summed E-state index contributed by atoms with van der Waals surface area (Å²) in [5.41, 5.74) is 0.881. The highest BCUT2D eigenvalue weighted by Crippen LogP contribution is 2.33. The molecule has 3 aromatic rings. The van der Waals surface area contributed by atoms with Crippen molar-refractivity contribution in [2.45, 2.75) is 6.18 Å². The highest BCUT2D eigenvalue weighted by Gasteiger charge is 2.34. The van der Waals surface area contributed by atoms with Crippen LogP contribution in [0.25, 0.3) is 0 Å². The van der Waals surface area contributed by atoms with Gasteiger partial charge in [0.1, 0.15) is 23.0 Å². The van der Waals surface area contributed by atoms with E-state index in [2.05, 4.69) is 15.6 Å². The second-order valence-electron chi connectivity index (χ2n) is 6.38. The van der Waals surface area contributed by atoms with Crippen LogP contribution in [0.2, 0.25) is 0 Å². The van der Waals surface area contributed by atoms with Crippen LogP contribution in [0.3, 0.4) is 0 Å². The molecule has 0 spiro atoms. The molecule has 0 saturated carbocycles. The van der Waals surface area contributed by atoms with Crippen LogP contribution in [-0.2, 0) is 6.18 Å². The minimum absolute atomic E-state index is 0.175. The highest BCUT2D eigenvalue weighted by atomic mass is 19.4. The van der Waals surface area contributed by atoms with Gasteiger partial charge in [-0.2, -0.15) is 18.7 Å². The summed E-state index contributed by atoms with van der Waals surface area (Å²) in [6.45, 7) is 0. The van der Waals surface area contributed by atoms with E-state index in [1.54, 1.807) is 6.07 Å². The molecule has 0 fully saturated rings. The van der Waals surface area contributed by atoms with Crippen molar-refractivity contribution in [1.82, 2.24) is 15.8 Å². The molecule has 8 nitrogen and oxygen atoms in total. The maximum absolute atomic E-state index is 13.3. The molecule has 3 N–H and O–H groups in total. The van der Waals surface area contributed by atoms with Gasteiger partial charge in [0.15, 0.2) is 5.75 Å². The molecule has 0 aliphatic carbocycles. The summed E-state index contributed by atoms with van der Waals surface area (Å²) in [4.78, 5) is 32.3. The minimum Gasteiger partial charge on any atom is -0.457 e. The lowest BCUT2D eigenvalue weighted by atomic mass is 10.2. The van der Waals surface area contributed by atoms with Crippen molar-refractivity contribution >= 4 is 17.6 Å². The van der Waals surface area contributed by atoms with Crippen molar-refractivity contribution in [2.24, 2.45) is 0 Å². The molecule has 2 aromatic carbocycles. The van der Waals surface area contributed by atoms with Crippen LogP contribution < -0.4 is 25.7 Å². The Morgan fingerprint density at radius 1 is 0.939 bits per heavy atom. The molecule has 1 aromatic heterocycles. The lowest BCUT2D eigenvalue weighted by Gasteiger charge is -2.12. The molecule has 172 valence electrons. The number of pyridine rings is 1. The Balaban J connectivity index is 1.56. The second-order valence-corrected chi connectivity index (χ2v) is 6.38. The number of benzene rings is 2. The number of rotatable bonds is 6. The molecule has 0 unspecified atom stereocenters. The number of nitrogens with zero attached hydrogens (tertiary/aromatic N) is 1. The van der Waals surface area contributed by atoms with Crippen LogP contribution >= 0.6 is 0 Å². The summed E-state index contributed by atoms with van der Waals surface area (Å²) < 4.78 is 57.1. The number of hydrogen-bond acceptors (Lipinski definition) is 5. The Hall–Kier alpha value is -4.35. The summed E-state index contributed by atoms with van der Waals surface area (Å²) in [7, 11) is 1.48. The summed E-state index contributed by atoms with van der Waals surface area (Å²) in [6.07, 6.45) is -3.49. The van der Waals surface area contributed by atoms with Gasteiger partial charge in [0.05, 0.1) is 5.56 Å². The van der Waals surface area contributed by atoms with Gasteiger partial charge in [0.25, 0.3) is 5.91 Å². The number of urea groups is 1. The molecule has 1 heterocycles. The molecule has 3 amide bonds. The van der Waals surface area contributed by atoms with Gasteiger partial charge in [0, 0.05) is 25.0 Å². The number of ether oxygens (including phenoxy) is 1. The average Bonchev–Trinajstić information content (AvgIpc) is 2.78. The van der Waals surface area contributed by atoms with Crippen molar-refractivity contribution in [3.8, 4) is 17.2 Å². The Morgan fingerprint density at radius 2 is 1.64 bits per heavy atom. The molecule has 0 bridgehead atoms. The fourth-order valence-corrected chi connectivity index (χ4v) is 2.52. The van der Waals surface area contributed by atoms with Gasteiger partial charge in [-0.25, -0.2) is 9.18 Å². The average molecular weight is 464 g/mol. The molecule has 33 heavy (non-hydrogen) atoms. The smallest absolute Gasteiger partial charge is 0.419 e. The zero-order valence-electron chi connectivity index (χ0n) is 16.9. The third-order valence-corrected chi connectivity index (χ3v) is 4.04. The predicted molar refractivity (Wildman–Crippen MR) is 108 cm³/mol. The Bertz CT molecular complexity index is 1150. The number of amides is 3. The first-order chi connectivity index (χ1) is 15.7. The molecule has 0 aliphatic heterocycles. The number of aromatic nitrogens is 1. The maximum Gasteiger partial charge on any atom is 0.419 e. The lowest BCUT2D eigenvalue weighted by molar-refractivity contribution is -0.140. The molecule has 3 rings (SSSR count). The number of anilines is 1. The monoisotopic (exact) mass is 464 g/mol. The third-order valence-electron chi connectivity index (χ3n) is 4.04. The van der Waals surface area contributed by atoms with Crippen molar-refractivity contribution in [3.05, 3.63) is 77.9 Å². The predicted octanol–water partition coefficient (Wildman–Crippen LogP) is 4.51. The van der Waals surface area contributed by atoms with Crippen LogP contribution in [0.5, 0.6) is 17.2 Å². The fraction of sp³-hybridized carbons (Fsp3) is 0.0952. The van der Waals surface area contributed by atoms with Crippen LogP contribution in [0.15, 0.2) is 60.8 Å². The highest BCUT2D eigenvalue weighted by molar-refractivity contribution is 5.92. The maximum atomic E-state index is 13.3. The van der Waals surface area contributed by atoms with Gasteiger partial charge >= 0.3 is 12.2 Å². The normalized spacial score (nSPS) is 10.8. The number of carbonyl (C=O) groups excluding carboxylic acids is 2. The van der Waals surface area contributed by atoms with E-state index in [4.69, 9.17) is 9.57 Å². The molecule has 0 atom stereocenters. The van der Waals surface area contributed by atoms with Crippen LogP contribution in [0, 0.1) is 5.82 Å². The van der Waals surface area contributed by atoms with E-state index in [1.165, 1.54) is 43.6 Å². The largest absolute Gasteiger partial charge is 0.457 e. The SMILES string of the molecule is CNC(=O)c1cc(Oc2ccc(NC(=O)NOc3ccc(F)c(C(F)(F)F)c3)cc2)ccn1. The Morgan fingerprint density at radius 3 is 2.30 bits per heavy atom. The summed E-state index contributed by atoms with van der Waals surface area (Å²) in [5.74, 6) is -1.47. The quantitative estimate of drug-likeness (QED) is 0.368. The zero-order chi connectivity index (χ0) is 24.0. The molecular weight excluding hydrogens is 448 g/mol. The number of halogens is 4. The van der Waals surface area contributed by atoms with Crippen molar-refractivity contribution in [3.63, 3.8) is 0 Å². The number of nitrogens with one attached hydrogen (secondary N) is 3. The Labute approximate surface area is 184 Å². The van der Waals surface area contributed by atoms with Crippen LogP contribution in [0.4, 0.5) is 28.0 Å². The number of hydroxylamine groups is 1. The van der Waals surface area contributed by atoms with E-state index in [9.17, 15) is 27.2 Å². The first-order valence-electron chi connectivity index (χ1n) is 9.22. The van der Waals surface area contributed by atoms with Gasteiger partial charge < -0.3 is 20.2 Å². The van der Waals surface area contributed by atoms with Crippen molar-refractivity contribution < 1.29 is 36.7 Å². The van der Waals surface area contributed by atoms with E-state index in [-0.39, 0.29) is 11.6 Å². The van der Waals surface area contributed by atoms with Gasteiger partial charge in [-0.15, -0.1) is 0 Å². The van der Waals surface area contributed by atoms with Gasteiger partial charge in [0.2, 0.25) is 0 Å². The van der Waals surface area contributed by atoms with E-state index >= 15 is 0 Å². The van der Waals surface area contributed by atoms with E-state index < -0.39 is 29.3 Å². The lowest BCUT2D eigenvalue weighted by Crippen LogP contribution is -2.31. The number of hydrogen-bond donors (Lipinski definition) is 3. The number of carbonyl (C=O) groups is 2. The number of alkyl halides is 3. The van der Waals surface area contributed by atoms with Crippen LogP contribution in [-0.4, -0.2) is 24.0 Å². The van der Waals surface area contributed by atoms with Gasteiger partial charge in [-0.05, 0) is 48.5 Å². The standard InChI is InChI=1S/C21H16F4N4O4/c1-26-19(30)18-11-14(8-9-27-18)32-13-4-2-12(3-5-13)28-20(31)29-33-15-6-7-17(22)16(10-15)21(23,24)25/h2-11H,1H3,(H,26,30)(H2,28,29,31). The summed E-state index contributed by atoms with van der Waals surface area (Å²) >= 11 is 0. The molecule has 0 radical (unpaired) electrons.